The van der Waals surface area contributed by atoms with Gasteiger partial charge in [0.2, 0.25) is 0 Å². The van der Waals surface area contributed by atoms with Crippen molar-refractivity contribution in [3.63, 3.8) is 0 Å². The van der Waals surface area contributed by atoms with Gasteiger partial charge in [0.1, 0.15) is 0 Å². The molecule has 0 radical (unpaired) electrons. The molecule has 0 aliphatic rings. The summed E-state index contributed by atoms with van der Waals surface area (Å²) in [7, 11) is -4.06. The molecule has 5 nitrogen and oxygen atoms in total. The molecule has 0 fully saturated rings. The maximum atomic E-state index is 11.2. The van der Waals surface area contributed by atoms with E-state index in [0.29, 0.717) is 12.1 Å². The molecule has 0 spiro atoms. The molecule has 0 aliphatic heterocycles. The van der Waals surface area contributed by atoms with Crippen molar-refractivity contribution in [1.29, 1.82) is 0 Å². The first-order chi connectivity index (χ1) is 14.9. The lowest BCUT2D eigenvalue weighted by molar-refractivity contribution is 0.286. The fourth-order valence-electron chi connectivity index (χ4n) is 3.45. The zero-order chi connectivity index (χ0) is 22.1. The van der Waals surface area contributed by atoms with Gasteiger partial charge in [-0.1, -0.05) is 91.0 Å². The van der Waals surface area contributed by atoms with Gasteiger partial charge in [0.25, 0.3) is 0 Å². The zero-order valence-electron chi connectivity index (χ0n) is 17.5. The first kappa shape index (κ1) is 23.1. The lowest BCUT2D eigenvalue weighted by atomic mass is 10.1. The standard InChI is InChI=1S/C25H29N2O3P/c26-17-24-8-4-9-25(16-24)19-27(15-5-10-21-6-2-1-3-7-21)18-22-11-13-23(14-12-22)20-31(28,29)30/h1-14,16H,15,17-20,26H2,(H2,28,29,30). The highest BCUT2D eigenvalue weighted by Gasteiger charge is 2.14. The Labute approximate surface area is 184 Å². The third kappa shape index (κ3) is 8.25. The predicted octanol–water partition coefficient (Wildman–Crippen LogP) is 4.54. The average Bonchev–Trinajstić information content (AvgIpc) is 2.75. The van der Waals surface area contributed by atoms with Crippen LogP contribution in [0.1, 0.15) is 27.8 Å². The highest BCUT2D eigenvalue weighted by Crippen LogP contribution is 2.38. The van der Waals surface area contributed by atoms with Gasteiger partial charge in [0, 0.05) is 26.2 Å². The number of nitrogens with two attached hydrogens (primary N) is 1. The van der Waals surface area contributed by atoms with Crippen molar-refractivity contribution in [2.75, 3.05) is 6.54 Å². The van der Waals surface area contributed by atoms with Gasteiger partial charge in [-0.25, -0.2) is 0 Å². The van der Waals surface area contributed by atoms with E-state index in [2.05, 4.69) is 41.3 Å². The maximum absolute atomic E-state index is 11.2. The van der Waals surface area contributed by atoms with Crippen molar-refractivity contribution in [3.05, 3.63) is 113 Å². The van der Waals surface area contributed by atoms with Crippen molar-refractivity contribution in [1.82, 2.24) is 4.90 Å². The first-order valence-electron chi connectivity index (χ1n) is 10.3. The second kappa shape index (κ2) is 11.2. The SMILES string of the molecule is NCc1cccc(CN(CC=Cc2ccccc2)Cc2ccc(CP(=O)(O)O)cc2)c1. The Kier molecular flexibility index (Phi) is 8.35. The van der Waals surface area contributed by atoms with Gasteiger partial charge in [-0.15, -0.1) is 0 Å². The Balaban J connectivity index is 1.72. The van der Waals surface area contributed by atoms with E-state index in [1.807, 2.05) is 42.5 Å². The van der Waals surface area contributed by atoms with Gasteiger partial charge in [-0.3, -0.25) is 9.46 Å². The summed E-state index contributed by atoms with van der Waals surface area (Å²) in [6.45, 7) is 2.79. The molecular weight excluding hydrogens is 407 g/mol. The van der Waals surface area contributed by atoms with E-state index in [4.69, 9.17) is 5.73 Å². The Morgan fingerprint density at radius 2 is 1.45 bits per heavy atom. The van der Waals surface area contributed by atoms with Gasteiger partial charge in [0.05, 0.1) is 6.16 Å². The minimum absolute atomic E-state index is 0.233. The van der Waals surface area contributed by atoms with Crippen LogP contribution in [0.25, 0.3) is 6.08 Å². The Morgan fingerprint density at radius 1 is 0.806 bits per heavy atom. The molecule has 0 saturated heterocycles. The summed E-state index contributed by atoms with van der Waals surface area (Å²) in [4.78, 5) is 20.7. The van der Waals surface area contributed by atoms with Crippen molar-refractivity contribution in [3.8, 4) is 0 Å². The lowest BCUT2D eigenvalue weighted by Gasteiger charge is -2.21. The quantitative estimate of drug-likeness (QED) is 0.406. The summed E-state index contributed by atoms with van der Waals surface area (Å²) in [6, 6.07) is 26.0. The molecule has 162 valence electrons. The van der Waals surface area contributed by atoms with Crippen LogP contribution in [-0.4, -0.2) is 21.2 Å². The summed E-state index contributed by atoms with van der Waals surface area (Å²) in [6.07, 6.45) is 4.04. The van der Waals surface area contributed by atoms with Crippen molar-refractivity contribution in [2.45, 2.75) is 25.8 Å². The molecule has 4 N–H and O–H groups in total. The molecule has 0 aliphatic carbocycles. The van der Waals surface area contributed by atoms with Gasteiger partial charge in [-0.05, 0) is 27.8 Å². The summed E-state index contributed by atoms with van der Waals surface area (Å²) < 4.78 is 11.2. The van der Waals surface area contributed by atoms with E-state index in [1.54, 1.807) is 12.1 Å². The Morgan fingerprint density at radius 3 is 2.13 bits per heavy atom. The Bertz CT molecular complexity index is 1030. The van der Waals surface area contributed by atoms with E-state index in [1.165, 1.54) is 5.56 Å². The summed E-state index contributed by atoms with van der Waals surface area (Å²) in [5.74, 6) is 0. The van der Waals surface area contributed by atoms with Crippen LogP contribution < -0.4 is 5.73 Å². The van der Waals surface area contributed by atoms with Crippen LogP contribution in [0.15, 0.2) is 84.9 Å². The summed E-state index contributed by atoms with van der Waals surface area (Å²) in [5, 5.41) is 0. The molecule has 0 heterocycles. The number of rotatable bonds is 10. The number of hydrogen-bond donors (Lipinski definition) is 3. The molecule has 6 heteroatoms. The lowest BCUT2D eigenvalue weighted by Crippen LogP contribution is -2.23. The van der Waals surface area contributed by atoms with E-state index in [-0.39, 0.29) is 6.16 Å². The summed E-state index contributed by atoms with van der Waals surface area (Å²) >= 11 is 0. The second-order valence-electron chi connectivity index (χ2n) is 7.65. The van der Waals surface area contributed by atoms with Crippen LogP contribution in [0.3, 0.4) is 0 Å². The van der Waals surface area contributed by atoms with E-state index in [0.717, 1.165) is 36.3 Å². The van der Waals surface area contributed by atoms with E-state index < -0.39 is 7.60 Å². The van der Waals surface area contributed by atoms with Crippen LogP contribution in [-0.2, 0) is 30.4 Å². The molecule has 3 aromatic rings. The van der Waals surface area contributed by atoms with Gasteiger partial charge in [0.15, 0.2) is 0 Å². The van der Waals surface area contributed by atoms with Gasteiger partial charge < -0.3 is 15.5 Å². The minimum atomic E-state index is -4.06. The predicted molar refractivity (Wildman–Crippen MR) is 126 cm³/mol. The molecular formula is C25H29N2O3P. The smallest absolute Gasteiger partial charge is 0.326 e. The van der Waals surface area contributed by atoms with Crippen LogP contribution in [0.2, 0.25) is 0 Å². The molecule has 0 amide bonds. The monoisotopic (exact) mass is 436 g/mol. The zero-order valence-corrected chi connectivity index (χ0v) is 18.4. The Hall–Kier alpha value is -2.53. The molecule has 3 rings (SSSR count). The van der Waals surface area contributed by atoms with Gasteiger partial charge >= 0.3 is 7.60 Å². The topological polar surface area (TPSA) is 86.8 Å². The molecule has 0 bridgehead atoms. The molecule has 0 unspecified atom stereocenters. The largest absolute Gasteiger partial charge is 0.329 e. The summed E-state index contributed by atoms with van der Waals surface area (Å²) in [5.41, 5.74) is 11.0. The maximum Gasteiger partial charge on any atom is 0.329 e. The highest BCUT2D eigenvalue weighted by atomic mass is 31.2. The third-order valence-electron chi connectivity index (χ3n) is 4.92. The normalized spacial score (nSPS) is 12.0. The number of benzene rings is 3. The van der Waals surface area contributed by atoms with Crippen molar-refractivity contribution < 1.29 is 14.4 Å². The van der Waals surface area contributed by atoms with Crippen LogP contribution >= 0.6 is 7.60 Å². The third-order valence-corrected chi connectivity index (χ3v) is 5.70. The minimum Gasteiger partial charge on any atom is -0.326 e. The molecule has 31 heavy (non-hydrogen) atoms. The molecule has 0 aromatic heterocycles. The van der Waals surface area contributed by atoms with Crippen LogP contribution in [0, 0.1) is 0 Å². The number of nitrogens with zero attached hydrogens (tertiary/aromatic N) is 1. The second-order valence-corrected chi connectivity index (χ2v) is 9.29. The first-order valence-corrected chi connectivity index (χ1v) is 12.1. The average molecular weight is 436 g/mol. The van der Waals surface area contributed by atoms with Crippen LogP contribution in [0.4, 0.5) is 0 Å². The number of hydrogen-bond acceptors (Lipinski definition) is 3. The molecule has 3 aromatic carbocycles. The van der Waals surface area contributed by atoms with Crippen molar-refractivity contribution in [2.24, 2.45) is 5.73 Å². The molecule has 0 saturated carbocycles. The highest BCUT2D eigenvalue weighted by molar-refractivity contribution is 7.50. The fraction of sp³-hybridized carbons (Fsp3) is 0.200. The van der Waals surface area contributed by atoms with E-state index >= 15 is 0 Å². The van der Waals surface area contributed by atoms with Gasteiger partial charge in [-0.2, -0.15) is 0 Å². The fourth-order valence-corrected chi connectivity index (χ4v) is 4.13. The molecule has 0 atom stereocenters. The van der Waals surface area contributed by atoms with E-state index in [9.17, 15) is 14.4 Å². The van der Waals surface area contributed by atoms with Crippen LogP contribution in [0.5, 0.6) is 0 Å². The van der Waals surface area contributed by atoms with Crippen molar-refractivity contribution >= 4 is 13.7 Å².